The van der Waals surface area contributed by atoms with E-state index in [9.17, 15) is 0 Å². The van der Waals surface area contributed by atoms with E-state index in [0.717, 1.165) is 35.6 Å². The van der Waals surface area contributed by atoms with Crippen LogP contribution in [0.2, 0.25) is 0 Å². The molecule has 0 N–H and O–H groups in total. The van der Waals surface area contributed by atoms with Gasteiger partial charge in [0.1, 0.15) is 5.75 Å². The lowest BCUT2D eigenvalue weighted by Gasteiger charge is -2.12. The lowest BCUT2D eigenvalue weighted by atomic mass is 10.0. The fourth-order valence-electron chi connectivity index (χ4n) is 2.23. The molecule has 0 atom stereocenters. The Morgan fingerprint density at radius 1 is 1.15 bits per heavy atom. The highest BCUT2D eigenvalue weighted by atomic mass is 32.1. The Hall–Kier alpha value is -1.94. The highest BCUT2D eigenvalue weighted by Crippen LogP contribution is 2.38. The number of aromatic nitrogens is 2. The van der Waals surface area contributed by atoms with Gasteiger partial charge in [-0.3, -0.25) is 0 Å². The number of fused-ring (bicyclic) bond motifs is 1. The van der Waals surface area contributed by atoms with Crippen LogP contribution in [0.3, 0.4) is 0 Å². The second kappa shape index (κ2) is 6.01. The molecule has 2 aromatic carbocycles. The van der Waals surface area contributed by atoms with E-state index in [0.29, 0.717) is 0 Å². The van der Waals surface area contributed by atoms with E-state index in [1.165, 1.54) is 22.3 Å². The fourth-order valence-corrected chi connectivity index (χ4v) is 2.81. The van der Waals surface area contributed by atoms with Crippen LogP contribution in [0, 0.1) is 0 Å². The summed E-state index contributed by atoms with van der Waals surface area (Å²) in [5.41, 5.74) is 1.11. The molecule has 0 bridgehead atoms. The largest absolute Gasteiger partial charge is 0.493 e. The van der Waals surface area contributed by atoms with Gasteiger partial charge in [-0.2, -0.15) is 0 Å². The lowest BCUT2D eigenvalue weighted by molar-refractivity contribution is 0.311. The Balaban J connectivity index is 2.11. The number of ether oxygens (including phenoxy) is 1. The van der Waals surface area contributed by atoms with Crippen LogP contribution in [-0.2, 0) is 0 Å². The fraction of sp³-hybridized carbons (Fsp3) is 0.250. The first kappa shape index (κ1) is 13.1. The minimum absolute atomic E-state index is 0.744. The van der Waals surface area contributed by atoms with Gasteiger partial charge in [-0.25, -0.2) is 0 Å². The van der Waals surface area contributed by atoms with Crippen molar-refractivity contribution in [3.8, 4) is 16.2 Å². The number of benzene rings is 2. The van der Waals surface area contributed by atoms with Crippen LogP contribution in [0.1, 0.15) is 19.8 Å². The maximum absolute atomic E-state index is 5.96. The monoisotopic (exact) mass is 284 g/mol. The zero-order chi connectivity index (χ0) is 13.8. The van der Waals surface area contributed by atoms with Gasteiger partial charge in [-0.1, -0.05) is 48.2 Å². The van der Waals surface area contributed by atoms with Gasteiger partial charge in [0.25, 0.3) is 0 Å². The van der Waals surface area contributed by atoms with Crippen molar-refractivity contribution < 1.29 is 4.74 Å². The molecule has 1 heterocycles. The van der Waals surface area contributed by atoms with E-state index in [-0.39, 0.29) is 0 Å². The van der Waals surface area contributed by atoms with Crippen LogP contribution in [0.15, 0.2) is 42.6 Å². The first-order chi connectivity index (χ1) is 9.90. The molecular weight excluding hydrogens is 268 g/mol. The molecule has 20 heavy (non-hydrogen) atoms. The Morgan fingerprint density at radius 3 is 2.85 bits per heavy atom. The normalized spacial score (nSPS) is 10.8. The first-order valence-corrected chi connectivity index (χ1v) is 7.59. The summed E-state index contributed by atoms with van der Waals surface area (Å²) in [6, 6.07) is 12.5. The van der Waals surface area contributed by atoms with Crippen LogP contribution in [0.25, 0.3) is 21.2 Å². The van der Waals surface area contributed by atoms with Crippen LogP contribution >= 0.6 is 11.5 Å². The standard InChI is InChI=1S/C16H16N2OS/c1-2-3-10-19-14-9-8-12-6-4-5-7-13(12)16(14)15-11-17-18-20-15/h4-9,11H,2-3,10H2,1H3. The summed E-state index contributed by atoms with van der Waals surface area (Å²) in [6.45, 7) is 2.91. The van der Waals surface area contributed by atoms with Gasteiger partial charge < -0.3 is 4.74 Å². The number of unbranched alkanes of at least 4 members (excludes halogenated alkanes) is 1. The third-order valence-corrected chi connectivity index (χ3v) is 3.94. The van der Waals surface area contributed by atoms with Crippen molar-refractivity contribution in [3.05, 3.63) is 42.6 Å². The first-order valence-electron chi connectivity index (χ1n) is 6.82. The molecule has 0 saturated heterocycles. The average Bonchev–Trinajstić information content (AvgIpc) is 3.01. The SMILES string of the molecule is CCCCOc1ccc2ccccc2c1-c1cnns1. The van der Waals surface area contributed by atoms with E-state index in [4.69, 9.17) is 4.74 Å². The van der Waals surface area contributed by atoms with Crippen molar-refractivity contribution >= 4 is 22.3 Å². The van der Waals surface area contributed by atoms with Gasteiger partial charge in [0.05, 0.1) is 17.7 Å². The smallest absolute Gasteiger partial charge is 0.128 e. The summed E-state index contributed by atoms with van der Waals surface area (Å²) < 4.78 is 9.94. The van der Waals surface area contributed by atoms with Crippen molar-refractivity contribution in [2.45, 2.75) is 19.8 Å². The molecule has 102 valence electrons. The van der Waals surface area contributed by atoms with Crippen LogP contribution in [0.4, 0.5) is 0 Å². The van der Waals surface area contributed by atoms with Crippen molar-refractivity contribution in [1.82, 2.24) is 9.59 Å². The Morgan fingerprint density at radius 2 is 2.05 bits per heavy atom. The summed E-state index contributed by atoms with van der Waals surface area (Å²) >= 11 is 1.40. The maximum atomic E-state index is 5.96. The van der Waals surface area contributed by atoms with Gasteiger partial charge in [0, 0.05) is 5.56 Å². The van der Waals surface area contributed by atoms with Crippen molar-refractivity contribution in [2.24, 2.45) is 0 Å². The minimum atomic E-state index is 0.744. The summed E-state index contributed by atoms with van der Waals surface area (Å²) in [5, 5.41) is 6.35. The molecule has 0 aliphatic carbocycles. The van der Waals surface area contributed by atoms with E-state index in [2.05, 4.69) is 46.8 Å². The Bertz CT molecular complexity index is 695. The van der Waals surface area contributed by atoms with Crippen LogP contribution in [0.5, 0.6) is 5.75 Å². The summed E-state index contributed by atoms with van der Waals surface area (Å²) in [4.78, 5) is 1.05. The molecule has 3 rings (SSSR count). The highest BCUT2D eigenvalue weighted by Gasteiger charge is 2.13. The second-order valence-electron chi connectivity index (χ2n) is 4.64. The molecule has 0 fully saturated rings. The van der Waals surface area contributed by atoms with Crippen molar-refractivity contribution in [1.29, 1.82) is 0 Å². The molecular formula is C16H16N2OS. The molecule has 3 aromatic rings. The molecule has 0 amide bonds. The topological polar surface area (TPSA) is 35.0 Å². The number of hydrogen-bond donors (Lipinski definition) is 0. The highest BCUT2D eigenvalue weighted by molar-refractivity contribution is 7.09. The summed E-state index contributed by atoms with van der Waals surface area (Å²) in [5.74, 6) is 0.920. The molecule has 0 radical (unpaired) electrons. The van der Waals surface area contributed by atoms with Gasteiger partial charge in [0.2, 0.25) is 0 Å². The molecule has 0 aliphatic rings. The molecule has 1 aromatic heterocycles. The number of hydrogen-bond acceptors (Lipinski definition) is 4. The van der Waals surface area contributed by atoms with E-state index in [1.807, 2.05) is 6.07 Å². The van der Waals surface area contributed by atoms with Crippen molar-refractivity contribution in [3.63, 3.8) is 0 Å². The molecule has 0 aliphatic heterocycles. The molecule has 0 unspecified atom stereocenters. The Kier molecular flexibility index (Phi) is 3.92. The Labute approximate surface area is 122 Å². The molecule has 4 heteroatoms. The zero-order valence-electron chi connectivity index (χ0n) is 11.4. The predicted octanol–water partition coefficient (Wildman–Crippen LogP) is 4.54. The predicted molar refractivity (Wildman–Crippen MR) is 83.3 cm³/mol. The zero-order valence-corrected chi connectivity index (χ0v) is 12.2. The lowest BCUT2D eigenvalue weighted by Crippen LogP contribution is -1.98. The van der Waals surface area contributed by atoms with Crippen LogP contribution in [-0.4, -0.2) is 16.2 Å². The van der Waals surface area contributed by atoms with Crippen molar-refractivity contribution in [2.75, 3.05) is 6.61 Å². The summed E-state index contributed by atoms with van der Waals surface area (Å²) in [6.07, 6.45) is 4.00. The van der Waals surface area contributed by atoms with Gasteiger partial charge in [-0.05, 0) is 34.8 Å². The molecule has 0 saturated carbocycles. The van der Waals surface area contributed by atoms with Gasteiger partial charge in [0.15, 0.2) is 0 Å². The van der Waals surface area contributed by atoms with Gasteiger partial charge >= 0.3 is 0 Å². The molecule has 3 nitrogen and oxygen atoms in total. The van der Waals surface area contributed by atoms with Crippen LogP contribution < -0.4 is 4.74 Å². The van der Waals surface area contributed by atoms with E-state index >= 15 is 0 Å². The third kappa shape index (κ3) is 2.51. The summed E-state index contributed by atoms with van der Waals surface area (Å²) in [7, 11) is 0. The second-order valence-corrected chi connectivity index (χ2v) is 5.43. The van der Waals surface area contributed by atoms with E-state index in [1.54, 1.807) is 6.20 Å². The number of nitrogens with zero attached hydrogens (tertiary/aromatic N) is 2. The maximum Gasteiger partial charge on any atom is 0.128 e. The third-order valence-electron chi connectivity index (χ3n) is 3.25. The average molecular weight is 284 g/mol. The van der Waals surface area contributed by atoms with Gasteiger partial charge in [-0.15, -0.1) is 5.10 Å². The molecule has 0 spiro atoms. The quantitative estimate of drug-likeness (QED) is 0.645. The minimum Gasteiger partial charge on any atom is -0.493 e. The van der Waals surface area contributed by atoms with E-state index < -0.39 is 0 Å². The number of rotatable bonds is 5.